The third kappa shape index (κ3) is 2.76. The minimum atomic E-state index is 0.377. The van der Waals surface area contributed by atoms with Crippen molar-refractivity contribution in [1.82, 2.24) is 4.90 Å². The second kappa shape index (κ2) is 4.24. The summed E-state index contributed by atoms with van der Waals surface area (Å²) in [6, 6.07) is 0.672. The van der Waals surface area contributed by atoms with Gasteiger partial charge in [-0.2, -0.15) is 0 Å². The van der Waals surface area contributed by atoms with E-state index in [2.05, 4.69) is 32.6 Å². The number of nitrogens with zero attached hydrogens (tertiary/aromatic N) is 1. The lowest BCUT2D eigenvalue weighted by atomic mass is 10.3. The van der Waals surface area contributed by atoms with E-state index in [0.717, 1.165) is 6.54 Å². The molecule has 0 amide bonds. The molecule has 0 spiro atoms. The van der Waals surface area contributed by atoms with E-state index in [9.17, 15) is 0 Å². The van der Waals surface area contributed by atoms with Gasteiger partial charge in [-0.15, -0.1) is 0 Å². The molecule has 1 saturated heterocycles. The summed E-state index contributed by atoms with van der Waals surface area (Å²) in [5.74, 6) is 0. The molecule has 2 nitrogen and oxygen atoms in total. The molecule has 0 bridgehead atoms. The molecule has 1 atom stereocenters. The van der Waals surface area contributed by atoms with Crippen molar-refractivity contribution >= 4 is 0 Å². The van der Waals surface area contributed by atoms with Crippen molar-refractivity contribution < 1.29 is 4.74 Å². The van der Waals surface area contributed by atoms with Gasteiger partial charge in [-0.3, -0.25) is 4.90 Å². The fraction of sp³-hybridized carbons (Fsp3) is 1.00. The molecule has 0 radical (unpaired) electrons. The summed E-state index contributed by atoms with van der Waals surface area (Å²) in [6.45, 7) is 11.0. The molecule has 1 aliphatic heterocycles. The number of hydrogen-bond acceptors (Lipinski definition) is 2. The van der Waals surface area contributed by atoms with Crippen LogP contribution in [0.5, 0.6) is 0 Å². The Morgan fingerprint density at radius 2 is 1.92 bits per heavy atom. The number of ether oxygens (including phenoxy) is 1. The Morgan fingerprint density at radius 3 is 2.33 bits per heavy atom. The summed E-state index contributed by atoms with van der Waals surface area (Å²) in [5.41, 5.74) is 0. The van der Waals surface area contributed by atoms with E-state index in [0.29, 0.717) is 18.2 Å². The molecule has 72 valence electrons. The molecule has 1 rings (SSSR count). The fourth-order valence-corrected chi connectivity index (χ4v) is 1.72. The molecule has 0 aromatic carbocycles. The zero-order valence-corrected chi connectivity index (χ0v) is 8.71. The summed E-state index contributed by atoms with van der Waals surface area (Å²) in [4.78, 5) is 2.48. The van der Waals surface area contributed by atoms with Gasteiger partial charge in [-0.25, -0.2) is 0 Å². The van der Waals surface area contributed by atoms with Crippen LogP contribution in [0.15, 0.2) is 0 Å². The SMILES string of the molecule is CC(C)OC1CCN(C(C)C)C1. The van der Waals surface area contributed by atoms with Gasteiger partial charge in [0.15, 0.2) is 0 Å². The maximum Gasteiger partial charge on any atom is 0.0717 e. The van der Waals surface area contributed by atoms with Gasteiger partial charge in [-0.1, -0.05) is 0 Å². The van der Waals surface area contributed by atoms with Crippen molar-refractivity contribution in [3.05, 3.63) is 0 Å². The summed E-state index contributed by atoms with van der Waals surface area (Å²) >= 11 is 0. The first-order chi connectivity index (χ1) is 5.59. The maximum atomic E-state index is 5.75. The van der Waals surface area contributed by atoms with Crippen molar-refractivity contribution in [2.24, 2.45) is 0 Å². The fourth-order valence-electron chi connectivity index (χ4n) is 1.72. The van der Waals surface area contributed by atoms with Gasteiger partial charge in [-0.05, 0) is 34.1 Å². The molecule has 0 aromatic heterocycles. The molecule has 1 aliphatic rings. The zero-order chi connectivity index (χ0) is 9.14. The third-order valence-corrected chi connectivity index (χ3v) is 2.37. The first-order valence-electron chi connectivity index (χ1n) is 4.99. The molecule has 0 saturated carbocycles. The average molecular weight is 171 g/mol. The van der Waals surface area contributed by atoms with Crippen LogP contribution < -0.4 is 0 Å². The van der Waals surface area contributed by atoms with Crippen molar-refractivity contribution in [3.8, 4) is 0 Å². The van der Waals surface area contributed by atoms with Gasteiger partial charge in [0.25, 0.3) is 0 Å². The topological polar surface area (TPSA) is 12.5 Å². The summed E-state index contributed by atoms with van der Waals surface area (Å²) in [5, 5.41) is 0. The second-order valence-corrected chi connectivity index (χ2v) is 4.18. The van der Waals surface area contributed by atoms with Gasteiger partial charge in [0.05, 0.1) is 12.2 Å². The van der Waals surface area contributed by atoms with Gasteiger partial charge < -0.3 is 4.74 Å². The Bertz CT molecular complexity index is 134. The van der Waals surface area contributed by atoms with Crippen LogP contribution in [0.2, 0.25) is 0 Å². The molecule has 1 fully saturated rings. The highest BCUT2D eigenvalue weighted by Gasteiger charge is 2.24. The molecule has 2 heteroatoms. The number of likely N-dealkylation sites (tertiary alicyclic amines) is 1. The van der Waals surface area contributed by atoms with Crippen LogP contribution in [0.3, 0.4) is 0 Å². The zero-order valence-electron chi connectivity index (χ0n) is 8.71. The quantitative estimate of drug-likeness (QED) is 0.643. The Hall–Kier alpha value is -0.0800. The van der Waals surface area contributed by atoms with Crippen molar-refractivity contribution in [2.75, 3.05) is 13.1 Å². The minimum absolute atomic E-state index is 0.377. The summed E-state index contributed by atoms with van der Waals surface area (Å²) < 4.78 is 5.75. The van der Waals surface area contributed by atoms with Crippen molar-refractivity contribution in [3.63, 3.8) is 0 Å². The minimum Gasteiger partial charge on any atom is -0.374 e. The Labute approximate surface area is 75.9 Å². The van der Waals surface area contributed by atoms with Crippen molar-refractivity contribution in [1.29, 1.82) is 0 Å². The molecule has 12 heavy (non-hydrogen) atoms. The molecule has 0 aromatic rings. The van der Waals surface area contributed by atoms with E-state index in [1.807, 2.05) is 0 Å². The van der Waals surface area contributed by atoms with Crippen LogP contribution >= 0.6 is 0 Å². The van der Waals surface area contributed by atoms with Crippen LogP contribution in [0.1, 0.15) is 34.1 Å². The Morgan fingerprint density at radius 1 is 1.25 bits per heavy atom. The van der Waals surface area contributed by atoms with Gasteiger partial charge in [0, 0.05) is 19.1 Å². The van der Waals surface area contributed by atoms with Crippen LogP contribution in [-0.4, -0.2) is 36.2 Å². The predicted octanol–water partition coefficient (Wildman–Crippen LogP) is 1.89. The molecule has 1 heterocycles. The number of rotatable bonds is 3. The predicted molar refractivity (Wildman–Crippen MR) is 51.3 cm³/mol. The van der Waals surface area contributed by atoms with Crippen molar-refractivity contribution in [2.45, 2.75) is 52.4 Å². The first-order valence-corrected chi connectivity index (χ1v) is 4.99. The van der Waals surface area contributed by atoms with E-state index in [4.69, 9.17) is 4.74 Å². The van der Waals surface area contributed by atoms with Gasteiger partial charge in [0.2, 0.25) is 0 Å². The highest BCUT2D eigenvalue weighted by molar-refractivity contribution is 4.78. The second-order valence-electron chi connectivity index (χ2n) is 4.18. The highest BCUT2D eigenvalue weighted by Crippen LogP contribution is 2.16. The molecule has 0 N–H and O–H groups in total. The third-order valence-electron chi connectivity index (χ3n) is 2.37. The molecular weight excluding hydrogens is 150 g/mol. The van der Waals surface area contributed by atoms with Crippen LogP contribution in [0.25, 0.3) is 0 Å². The summed E-state index contributed by atoms with van der Waals surface area (Å²) in [6.07, 6.45) is 2.06. The first kappa shape index (κ1) is 10.0. The Kier molecular flexibility index (Phi) is 3.53. The largest absolute Gasteiger partial charge is 0.374 e. The lowest BCUT2D eigenvalue weighted by molar-refractivity contribution is 0.0124. The lowest BCUT2D eigenvalue weighted by Gasteiger charge is -2.20. The van der Waals surface area contributed by atoms with E-state index in [1.54, 1.807) is 0 Å². The normalized spacial score (nSPS) is 26.0. The lowest BCUT2D eigenvalue weighted by Crippen LogP contribution is -2.30. The smallest absolute Gasteiger partial charge is 0.0717 e. The van der Waals surface area contributed by atoms with E-state index in [-0.39, 0.29) is 0 Å². The maximum absolute atomic E-state index is 5.75. The molecular formula is C10H21NO. The van der Waals surface area contributed by atoms with E-state index < -0.39 is 0 Å². The van der Waals surface area contributed by atoms with Gasteiger partial charge >= 0.3 is 0 Å². The van der Waals surface area contributed by atoms with E-state index >= 15 is 0 Å². The average Bonchev–Trinajstić information content (AvgIpc) is 2.34. The molecule has 0 aliphatic carbocycles. The van der Waals surface area contributed by atoms with Gasteiger partial charge in [0.1, 0.15) is 0 Å². The van der Waals surface area contributed by atoms with Crippen LogP contribution in [0.4, 0.5) is 0 Å². The molecule has 1 unspecified atom stereocenters. The monoisotopic (exact) mass is 171 g/mol. The Balaban J connectivity index is 2.26. The standard InChI is InChI=1S/C10H21NO/c1-8(2)11-6-5-10(7-11)12-9(3)4/h8-10H,5-7H2,1-4H3. The highest BCUT2D eigenvalue weighted by atomic mass is 16.5. The summed E-state index contributed by atoms with van der Waals surface area (Å²) in [7, 11) is 0. The van der Waals surface area contributed by atoms with Crippen LogP contribution in [0, 0.1) is 0 Å². The number of hydrogen-bond donors (Lipinski definition) is 0. The van der Waals surface area contributed by atoms with E-state index in [1.165, 1.54) is 13.0 Å². The van der Waals surface area contributed by atoms with Crippen LogP contribution in [-0.2, 0) is 4.74 Å².